The number of nitrogens with zero attached hydrogens (tertiary/aromatic N) is 1. The van der Waals surface area contributed by atoms with Crippen molar-refractivity contribution in [2.75, 3.05) is 12.4 Å². The van der Waals surface area contributed by atoms with Gasteiger partial charge >= 0.3 is 12.2 Å². The highest BCUT2D eigenvalue weighted by Crippen LogP contribution is 2.30. The SMILES string of the molecule is CN(C(=O)Nc1cccc(C(F)(F)F)c1)C(=O)C(Cl)Cl. The third-order valence-corrected chi connectivity index (χ3v) is 2.64. The van der Waals surface area contributed by atoms with E-state index in [2.05, 4.69) is 5.32 Å². The van der Waals surface area contributed by atoms with Crippen molar-refractivity contribution in [3.63, 3.8) is 0 Å². The maximum atomic E-state index is 12.5. The zero-order chi connectivity index (χ0) is 15.5. The van der Waals surface area contributed by atoms with E-state index < -0.39 is 28.5 Å². The molecule has 1 aromatic carbocycles. The standard InChI is InChI=1S/C11H9Cl2F3N2O2/c1-18(9(19)8(12)13)10(20)17-7-4-2-3-6(5-7)11(14,15)16/h2-5,8H,1H3,(H,17,20). The quantitative estimate of drug-likeness (QED) is 0.845. The molecule has 0 radical (unpaired) electrons. The molecule has 0 aliphatic carbocycles. The average molecular weight is 329 g/mol. The molecule has 1 aromatic rings. The van der Waals surface area contributed by atoms with Crippen molar-refractivity contribution in [1.82, 2.24) is 4.90 Å². The van der Waals surface area contributed by atoms with Crippen LogP contribution in [0.1, 0.15) is 5.56 Å². The van der Waals surface area contributed by atoms with Gasteiger partial charge in [0.1, 0.15) is 0 Å². The van der Waals surface area contributed by atoms with Crippen molar-refractivity contribution in [1.29, 1.82) is 0 Å². The Kier molecular flexibility index (Phi) is 5.24. The maximum absolute atomic E-state index is 12.5. The van der Waals surface area contributed by atoms with Gasteiger partial charge in [-0.3, -0.25) is 9.69 Å². The minimum Gasteiger partial charge on any atom is -0.307 e. The maximum Gasteiger partial charge on any atom is 0.416 e. The van der Waals surface area contributed by atoms with Crippen LogP contribution >= 0.6 is 23.2 Å². The summed E-state index contributed by atoms with van der Waals surface area (Å²) in [4.78, 5) is 22.1. The Morgan fingerprint density at radius 3 is 2.40 bits per heavy atom. The van der Waals surface area contributed by atoms with Gasteiger partial charge in [-0.25, -0.2) is 4.79 Å². The van der Waals surface area contributed by atoms with Gasteiger partial charge in [-0.15, -0.1) is 0 Å². The van der Waals surface area contributed by atoms with Crippen molar-refractivity contribution in [2.24, 2.45) is 0 Å². The Bertz CT molecular complexity index is 521. The molecule has 0 aliphatic rings. The Balaban J connectivity index is 2.84. The Labute approximate surface area is 122 Å². The number of alkyl halides is 5. The summed E-state index contributed by atoms with van der Waals surface area (Å²) in [5.74, 6) is -0.891. The Hall–Kier alpha value is -1.47. The molecule has 0 atom stereocenters. The van der Waals surface area contributed by atoms with Crippen LogP contribution in [-0.4, -0.2) is 28.7 Å². The fraction of sp³-hybridized carbons (Fsp3) is 0.273. The normalized spacial score (nSPS) is 11.3. The number of anilines is 1. The molecule has 110 valence electrons. The van der Waals surface area contributed by atoms with Crippen LogP contribution in [0.15, 0.2) is 24.3 Å². The van der Waals surface area contributed by atoms with Crippen LogP contribution < -0.4 is 5.32 Å². The van der Waals surface area contributed by atoms with E-state index in [1.165, 1.54) is 6.07 Å². The highest BCUT2D eigenvalue weighted by Gasteiger charge is 2.30. The predicted octanol–water partition coefficient (Wildman–Crippen LogP) is 3.50. The summed E-state index contributed by atoms with van der Waals surface area (Å²) in [5.41, 5.74) is -1.03. The van der Waals surface area contributed by atoms with Crippen molar-refractivity contribution in [2.45, 2.75) is 11.0 Å². The monoisotopic (exact) mass is 328 g/mol. The van der Waals surface area contributed by atoms with E-state index in [9.17, 15) is 22.8 Å². The molecule has 1 N–H and O–H groups in total. The minimum atomic E-state index is -4.53. The van der Waals surface area contributed by atoms with E-state index in [1.807, 2.05) is 0 Å². The van der Waals surface area contributed by atoms with Crippen LogP contribution in [0.25, 0.3) is 0 Å². The second-order valence-corrected chi connectivity index (χ2v) is 4.80. The number of carbonyl (C=O) groups excluding carboxylic acids is 2. The molecule has 0 fully saturated rings. The Morgan fingerprint density at radius 2 is 1.90 bits per heavy atom. The molecular formula is C11H9Cl2F3N2O2. The minimum absolute atomic E-state index is 0.106. The van der Waals surface area contributed by atoms with E-state index in [1.54, 1.807) is 0 Å². The average Bonchev–Trinajstić information content (AvgIpc) is 2.36. The second-order valence-electron chi connectivity index (χ2n) is 3.71. The molecule has 0 spiro atoms. The number of rotatable bonds is 2. The molecule has 3 amide bonds. The summed E-state index contributed by atoms with van der Waals surface area (Å²) in [6.45, 7) is 0. The van der Waals surface area contributed by atoms with Gasteiger partial charge in [0.05, 0.1) is 5.56 Å². The topological polar surface area (TPSA) is 49.4 Å². The fourth-order valence-corrected chi connectivity index (χ4v) is 1.52. The molecule has 0 unspecified atom stereocenters. The van der Waals surface area contributed by atoms with Gasteiger partial charge in [0.2, 0.25) is 0 Å². The molecule has 0 aromatic heterocycles. The van der Waals surface area contributed by atoms with Crippen LogP contribution in [0.3, 0.4) is 0 Å². The van der Waals surface area contributed by atoms with Crippen molar-refractivity contribution in [3.8, 4) is 0 Å². The number of urea groups is 1. The summed E-state index contributed by atoms with van der Waals surface area (Å²) in [6.07, 6.45) is -4.53. The summed E-state index contributed by atoms with van der Waals surface area (Å²) in [5, 5.41) is 2.14. The molecule has 4 nitrogen and oxygen atoms in total. The van der Waals surface area contributed by atoms with E-state index >= 15 is 0 Å². The molecule has 0 saturated carbocycles. The first kappa shape index (κ1) is 16.6. The third kappa shape index (κ3) is 4.28. The zero-order valence-corrected chi connectivity index (χ0v) is 11.6. The van der Waals surface area contributed by atoms with Crippen LogP contribution in [0.5, 0.6) is 0 Å². The number of benzene rings is 1. The first-order chi connectivity index (χ1) is 9.12. The number of hydrogen-bond acceptors (Lipinski definition) is 2. The number of halogens is 5. The van der Waals surface area contributed by atoms with Gasteiger partial charge < -0.3 is 5.32 Å². The number of carbonyl (C=O) groups is 2. The molecule has 20 heavy (non-hydrogen) atoms. The summed E-state index contributed by atoms with van der Waals surface area (Å²) < 4.78 is 37.5. The summed E-state index contributed by atoms with van der Waals surface area (Å²) in [6, 6.07) is 3.05. The lowest BCUT2D eigenvalue weighted by Crippen LogP contribution is -2.39. The van der Waals surface area contributed by atoms with Crippen molar-refractivity contribution >= 4 is 40.8 Å². The molecule has 1 rings (SSSR count). The smallest absolute Gasteiger partial charge is 0.307 e. The summed E-state index contributed by atoms with van der Waals surface area (Å²) in [7, 11) is 1.10. The highest BCUT2D eigenvalue weighted by molar-refractivity contribution is 6.54. The molecule has 0 aliphatic heterocycles. The predicted molar refractivity (Wildman–Crippen MR) is 68.7 cm³/mol. The lowest BCUT2D eigenvalue weighted by Gasteiger charge is -2.17. The first-order valence-electron chi connectivity index (χ1n) is 5.17. The lowest BCUT2D eigenvalue weighted by atomic mass is 10.2. The van der Waals surface area contributed by atoms with E-state index in [-0.39, 0.29) is 5.69 Å². The van der Waals surface area contributed by atoms with Gasteiger partial charge in [0.15, 0.2) is 4.84 Å². The molecular weight excluding hydrogens is 320 g/mol. The third-order valence-electron chi connectivity index (χ3n) is 2.26. The van der Waals surface area contributed by atoms with Crippen LogP contribution in [0.2, 0.25) is 0 Å². The zero-order valence-electron chi connectivity index (χ0n) is 10.0. The van der Waals surface area contributed by atoms with Gasteiger partial charge in [-0.1, -0.05) is 29.3 Å². The Morgan fingerprint density at radius 1 is 1.30 bits per heavy atom. The van der Waals surface area contributed by atoms with Gasteiger partial charge in [-0.05, 0) is 18.2 Å². The van der Waals surface area contributed by atoms with Gasteiger partial charge in [-0.2, -0.15) is 13.2 Å². The van der Waals surface area contributed by atoms with Crippen molar-refractivity contribution < 1.29 is 22.8 Å². The number of nitrogens with one attached hydrogen (secondary N) is 1. The molecule has 9 heteroatoms. The number of hydrogen-bond donors (Lipinski definition) is 1. The van der Waals surface area contributed by atoms with Crippen LogP contribution in [0, 0.1) is 0 Å². The summed E-state index contributed by atoms with van der Waals surface area (Å²) >= 11 is 10.6. The lowest BCUT2D eigenvalue weighted by molar-refractivity contribution is -0.137. The van der Waals surface area contributed by atoms with E-state index in [0.29, 0.717) is 4.90 Å². The highest BCUT2D eigenvalue weighted by atomic mass is 35.5. The molecule has 0 heterocycles. The molecule has 0 saturated heterocycles. The van der Waals surface area contributed by atoms with Crippen molar-refractivity contribution in [3.05, 3.63) is 29.8 Å². The van der Waals surface area contributed by atoms with E-state index in [0.717, 1.165) is 25.2 Å². The fourth-order valence-electron chi connectivity index (χ4n) is 1.23. The van der Waals surface area contributed by atoms with Crippen LogP contribution in [0.4, 0.5) is 23.7 Å². The molecule has 0 bridgehead atoms. The number of amides is 3. The second kappa shape index (κ2) is 6.32. The van der Waals surface area contributed by atoms with Gasteiger partial charge in [0, 0.05) is 12.7 Å². The largest absolute Gasteiger partial charge is 0.416 e. The van der Waals surface area contributed by atoms with Crippen LogP contribution in [-0.2, 0) is 11.0 Å². The van der Waals surface area contributed by atoms with E-state index in [4.69, 9.17) is 23.2 Å². The van der Waals surface area contributed by atoms with Gasteiger partial charge in [0.25, 0.3) is 5.91 Å². The number of imide groups is 1. The first-order valence-corrected chi connectivity index (χ1v) is 6.04.